The van der Waals surface area contributed by atoms with E-state index in [2.05, 4.69) is 4.90 Å². The summed E-state index contributed by atoms with van der Waals surface area (Å²) in [5, 5.41) is 11.6. The van der Waals surface area contributed by atoms with Crippen molar-refractivity contribution in [2.75, 3.05) is 32.7 Å². The monoisotopic (exact) mass is 442 g/mol. The third-order valence-electron chi connectivity index (χ3n) is 7.56. The molecule has 2 aliphatic heterocycles. The summed E-state index contributed by atoms with van der Waals surface area (Å²) in [5.74, 6) is -2.23. The van der Waals surface area contributed by atoms with Crippen molar-refractivity contribution in [2.24, 2.45) is 17.8 Å². The van der Waals surface area contributed by atoms with Crippen molar-refractivity contribution < 1.29 is 18.7 Å². The van der Waals surface area contributed by atoms with E-state index in [4.69, 9.17) is 0 Å². The van der Waals surface area contributed by atoms with Crippen molar-refractivity contribution in [1.82, 2.24) is 9.80 Å². The highest BCUT2D eigenvalue weighted by Crippen LogP contribution is 2.43. The van der Waals surface area contributed by atoms with Gasteiger partial charge < -0.3 is 14.9 Å². The van der Waals surface area contributed by atoms with E-state index < -0.39 is 23.2 Å². The number of nitrogens with zero attached hydrogens (tertiary/aromatic N) is 2. The van der Waals surface area contributed by atoms with Crippen LogP contribution in [0.15, 0.2) is 48.5 Å². The van der Waals surface area contributed by atoms with Gasteiger partial charge in [-0.15, -0.1) is 0 Å². The van der Waals surface area contributed by atoms with Crippen LogP contribution < -0.4 is 0 Å². The molecule has 2 aliphatic rings. The molecular formula is C26H32F2N2O2. The number of likely N-dealkylation sites (tertiary alicyclic amines) is 2. The molecule has 5 atom stereocenters. The van der Waals surface area contributed by atoms with Crippen molar-refractivity contribution in [3.05, 3.63) is 71.3 Å². The van der Waals surface area contributed by atoms with Crippen LogP contribution >= 0.6 is 0 Å². The Morgan fingerprint density at radius 1 is 1.03 bits per heavy atom. The summed E-state index contributed by atoms with van der Waals surface area (Å²) < 4.78 is 28.1. The first-order chi connectivity index (χ1) is 15.3. The fourth-order valence-electron chi connectivity index (χ4n) is 5.70. The Kier molecular flexibility index (Phi) is 6.37. The summed E-state index contributed by atoms with van der Waals surface area (Å²) in [5.41, 5.74) is 0.266. The van der Waals surface area contributed by atoms with Gasteiger partial charge in [0.05, 0.1) is 11.5 Å². The Balaban J connectivity index is 1.58. The minimum absolute atomic E-state index is 0.0107. The molecule has 2 saturated heterocycles. The number of carbonyl (C=O) groups excluding carboxylic acids is 1. The number of aliphatic hydroxyl groups is 1. The normalized spacial score (nSPS) is 31.1. The van der Waals surface area contributed by atoms with Crippen LogP contribution in [0.4, 0.5) is 8.78 Å². The fourth-order valence-corrected chi connectivity index (χ4v) is 5.70. The van der Waals surface area contributed by atoms with Gasteiger partial charge in [0.25, 0.3) is 0 Å². The maximum atomic E-state index is 14.6. The minimum Gasteiger partial charge on any atom is -0.384 e. The van der Waals surface area contributed by atoms with Gasteiger partial charge in [-0.05, 0) is 23.7 Å². The largest absolute Gasteiger partial charge is 0.384 e. The number of amides is 1. The van der Waals surface area contributed by atoms with Crippen molar-refractivity contribution in [3.8, 4) is 0 Å². The van der Waals surface area contributed by atoms with Crippen LogP contribution in [-0.4, -0.2) is 53.5 Å². The first-order valence-electron chi connectivity index (χ1n) is 11.5. The molecular weight excluding hydrogens is 410 g/mol. The number of benzene rings is 2. The zero-order valence-corrected chi connectivity index (χ0v) is 19.0. The average molecular weight is 443 g/mol. The molecule has 6 heteroatoms. The van der Waals surface area contributed by atoms with E-state index in [0.29, 0.717) is 31.7 Å². The lowest BCUT2D eigenvalue weighted by molar-refractivity contribution is -0.152. The minimum atomic E-state index is -1.01. The van der Waals surface area contributed by atoms with Crippen LogP contribution in [0.3, 0.4) is 0 Å². The molecule has 0 aromatic heterocycles. The molecule has 172 valence electrons. The molecule has 4 rings (SSSR count). The highest BCUT2D eigenvalue weighted by Gasteiger charge is 2.49. The predicted octanol–water partition coefficient (Wildman–Crippen LogP) is 4.00. The molecule has 2 aromatic carbocycles. The quantitative estimate of drug-likeness (QED) is 0.778. The Morgan fingerprint density at radius 3 is 2.28 bits per heavy atom. The van der Waals surface area contributed by atoms with Crippen LogP contribution in [0.5, 0.6) is 0 Å². The van der Waals surface area contributed by atoms with Crippen LogP contribution in [0, 0.1) is 29.4 Å². The maximum Gasteiger partial charge on any atom is 0.227 e. The smallest absolute Gasteiger partial charge is 0.227 e. The van der Waals surface area contributed by atoms with Crippen LogP contribution in [-0.2, 0) is 10.4 Å². The van der Waals surface area contributed by atoms with Crippen molar-refractivity contribution in [3.63, 3.8) is 0 Å². The molecule has 2 fully saturated rings. The van der Waals surface area contributed by atoms with Gasteiger partial charge in [0.2, 0.25) is 5.91 Å². The first kappa shape index (κ1) is 22.9. The van der Waals surface area contributed by atoms with Crippen LogP contribution in [0.2, 0.25) is 0 Å². The molecule has 32 heavy (non-hydrogen) atoms. The third kappa shape index (κ3) is 3.95. The third-order valence-corrected chi connectivity index (χ3v) is 7.56. The average Bonchev–Trinajstić information content (AvgIpc) is 3.21. The predicted molar refractivity (Wildman–Crippen MR) is 120 cm³/mol. The topological polar surface area (TPSA) is 43.8 Å². The molecule has 4 nitrogen and oxygen atoms in total. The highest BCUT2D eigenvalue weighted by atomic mass is 19.1. The highest BCUT2D eigenvalue weighted by molar-refractivity contribution is 5.81. The lowest BCUT2D eigenvalue weighted by atomic mass is 9.70. The maximum absolute atomic E-state index is 14.6. The molecule has 0 aliphatic carbocycles. The van der Waals surface area contributed by atoms with E-state index in [-0.39, 0.29) is 23.7 Å². The summed E-state index contributed by atoms with van der Waals surface area (Å²) >= 11 is 0. The molecule has 0 radical (unpaired) electrons. The first-order valence-corrected chi connectivity index (χ1v) is 11.5. The number of likely N-dealkylation sites (N-methyl/N-ethyl adjacent to an activating group) is 1. The lowest BCUT2D eigenvalue weighted by Crippen LogP contribution is -2.57. The summed E-state index contributed by atoms with van der Waals surface area (Å²) in [4.78, 5) is 17.7. The van der Waals surface area contributed by atoms with Gasteiger partial charge in [0.1, 0.15) is 11.6 Å². The van der Waals surface area contributed by atoms with Gasteiger partial charge in [0.15, 0.2) is 0 Å². The standard InChI is InChI=1S/C26H32F2N2O2/c1-4-29-15-22(21-11-10-20(27)12-24(21)28)23(16-29)25(31)30-13-17(2)26(32,18(3)14-30)19-8-6-5-7-9-19/h5-12,17-18,22-23,32H,4,13-16H2,1-3H3/t17-,18+,22-,23+,26?/m0/s1. The zero-order chi connectivity index (χ0) is 23.0. The van der Waals surface area contributed by atoms with Crippen molar-refractivity contribution in [2.45, 2.75) is 32.3 Å². The zero-order valence-electron chi connectivity index (χ0n) is 19.0. The molecule has 1 unspecified atom stereocenters. The number of piperidine rings is 1. The summed E-state index contributed by atoms with van der Waals surface area (Å²) in [6, 6.07) is 13.3. The summed E-state index contributed by atoms with van der Waals surface area (Å²) in [7, 11) is 0. The number of hydrogen-bond donors (Lipinski definition) is 1. The number of halogens is 2. The van der Waals surface area contributed by atoms with Crippen LogP contribution in [0.25, 0.3) is 0 Å². The molecule has 1 amide bonds. The lowest BCUT2D eigenvalue weighted by Gasteiger charge is -2.48. The Bertz CT molecular complexity index is 956. The number of carbonyl (C=O) groups is 1. The van der Waals surface area contributed by atoms with Crippen molar-refractivity contribution in [1.29, 1.82) is 0 Å². The summed E-state index contributed by atoms with van der Waals surface area (Å²) in [6.07, 6.45) is 0. The molecule has 0 saturated carbocycles. The van der Waals surface area contributed by atoms with Gasteiger partial charge in [-0.3, -0.25) is 4.79 Å². The molecule has 1 N–H and O–H groups in total. The fraction of sp³-hybridized carbons (Fsp3) is 0.500. The number of hydrogen-bond acceptors (Lipinski definition) is 3. The summed E-state index contributed by atoms with van der Waals surface area (Å²) in [6.45, 7) is 8.76. The van der Waals surface area contributed by atoms with E-state index in [9.17, 15) is 18.7 Å². The molecule has 0 spiro atoms. The van der Waals surface area contributed by atoms with Crippen molar-refractivity contribution >= 4 is 5.91 Å². The van der Waals surface area contributed by atoms with E-state index in [1.807, 2.05) is 56.0 Å². The van der Waals surface area contributed by atoms with E-state index in [1.165, 1.54) is 12.1 Å². The van der Waals surface area contributed by atoms with Gasteiger partial charge in [-0.25, -0.2) is 8.78 Å². The molecule has 0 bridgehead atoms. The van der Waals surface area contributed by atoms with Gasteiger partial charge in [0, 0.05) is 50.0 Å². The number of rotatable bonds is 4. The second-order valence-electron chi connectivity index (χ2n) is 9.47. The van der Waals surface area contributed by atoms with Gasteiger partial charge in [-0.2, -0.15) is 0 Å². The molecule has 2 heterocycles. The Morgan fingerprint density at radius 2 is 1.69 bits per heavy atom. The van der Waals surface area contributed by atoms with E-state index in [0.717, 1.165) is 18.2 Å². The van der Waals surface area contributed by atoms with E-state index in [1.54, 1.807) is 0 Å². The SMILES string of the molecule is CCN1C[C@@H](C(=O)N2C[C@@H](C)C(O)(c3ccccc3)[C@@H](C)C2)[C@H](c2ccc(F)cc2F)C1. The molecule has 2 aromatic rings. The second-order valence-corrected chi connectivity index (χ2v) is 9.47. The van der Waals surface area contributed by atoms with Gasteiger partial charge in [-0.1, -0.05) is 57.2 Å². The second kappa shape index (κ2) is 8.91. The van der Waals surface area contributed by atoms with Crippen LogP contribution in [0.1, 0.15) is 37.8 Å². The van der Waals surface area contributed by atoms with Gasteiger partial charge >= 0.3 is 0 Å². The Hall–Kier alpha value is -2.31. The van der Waals surface area contributed by atoms with E-state index >= 15 is 0 Å². The Labute approximate surface area is 188 Å².